The largest absolute Gasteiger partial charge is 0.352 e. The number of carbonyl (C=O) groups is 1. The van der Waals surface area contributed by atoms with Gasteiger partial charge >= 0.3 is 0 Å². The van der Waals surface area contributed by atoms with Gasteiger partial charge in [0, 0.05) is 11.8 Å². The van der Waals surface area contributed by atoms with Crippen LogP contribution >= 0.6 is 34.9 Å². The smallest absolute Gasteiger partial charge is 0.230 e. The van der Waals surface area contributed by atoms with Gasteiger partial charge in [0.05, 0.1) is 5.75 Å². The number of nitrogens with zero attached hydrogens (tertiary/aromatic N) is 2. The zero-order valence-corrected chi connectivity index (χ0v) is 16.0. The number of hydrogen-bond donors (Lipinski definition) is 1. The molecule has 0 saturated heterocycles. The Balaban J connectivity index is 1.71. The van der Waals surface area contributed by atoms with E-state index in [9.17, 15) is 4.79 Å². The molecule has 1 aliphatic carbocycles. The van der Waals surface area contributed by atoms with Crippen molar-refractivity contribution in [2.45, 2.75) is 61.2 Å². The van der Waals surface area contributed by atoms with Gasteiger partial charge in [-0.2, -0.15) is 0 Å². The predicted octanol–water partition coefficient (Wildman–Crippen LogP) is 4.07. The van der Waals surface area contributed by atoms with Gasteiger partial charge in [0.25, 0.3) is 0 Å². The fourth-order valence-corrected chi connectivity index (χ4v) is 5.27. The Labute approximate surface area is 145 Å². The second-order valence-corrected chi connectivity index (χ2v) is 9.73. The summed E-state index contributed by atoms with van der Waals surface area (Å²) in [5.41, 5.74) is 0. The van der Waals surface area contributed by atoms with Crippen LogP contribution in [0, 0.1) is 11.8 Å². The van der Waals surface area contributed by atoms with Gasteiger partial charge in [-0.05, 0) is 24.7 Å². The summed E-state index contributed by atoms with van der Waals surface area (Å²) in [6.07, 6.45) is 4.87. The Morgan fingerprint density at radius 3 is 2.64 bits per heavy atom. The Bertz CT molecular complexity index is 478. The predicted molar refractivity (Wildman–Crippen MR) is 95.8 cm³/mol. The molecule has 1 N–H and O–H groups in total. The number of thioether (sulfide) groups is 2. The van der Waals surface area contributed by atoms with E-state index < -0.39 is 0 Å². The van der Waals surface area contributed by atoms with Crippen LogP contribution in [-0.2, 0) is 4.79 Å². The normalized spacial score (nSPS) is 22.0. The minimum Gasteiger partial charge on any atom is -0.352 e. The minimum atomic E-state index is 0.121. The van der Waals surface area contributed by atoms with Crippen LogP contribution in [0.1, 0.15) is 46.5 Å². The molecule has 1 saturated carbocycles. The first-order valence-electron chi connectivity index (χ1n) is 7.93. The van der Waals surface area contributed by atoms with E-state index in [0.29, 0.717) is 23.6 Å². The molecule has 124 valence electrons. The SMILES string of the molecule is CC(C)CSc1nnc(SCC(=O)N[C@H]2CCCC[C@@H]2C)s1. The molecule has 0 aromatic carbocycles. The van der Waals surface area contributed by atoms with Crippen LogP contribution in [0.4, 0.5) is 0 Å². The van der Waals surface area contributed by atoms with Crippen molar-refractivity contribution in [3.05, 3.63) is 0 Å². The van der Waals surface area contributed by atoms with Crippen LogP contribution in [0.5, 0.6) is 0 Å². The van der Waals surface area contributed by atoms with Crippen LogP contribution in [-0.4, -0.2) is 33.7 Å². The molecule has 0 spiro atoms. The molecule has 1 aromatic rings. The van der Waals surface area contributed by atoms with Gasteiger partial charge in [-0.1, -0.05) is 68.5 Å². The van der Waals surface area contributed by atoms with Crippen molar-refractivity contribution in [3.63, 3.8) is 0 Å². The van der Waals surface area contributed by atoms with E-state index in [1.165, 1.54) is 31.0 Å². The van der Waals surface area contributed by atoms with E-state index in [0.717, 1.165) is 20.9 Å². The van der Waals surface area contributed by atoms with Gasteiger partial charge < -0.3 is 5.32 Å². The maximum absolute atomic E-state index is 12.1. The van der Waals surface area contributed by atoms with E-state index in [2.05, 4.69) is 36.3 Å². The van der Waals surface area contributed by atoms with Gasteiger partial charge in [0.2, 0.25) is 5.91 Å². The van der Waals surface area contributed by atoms with Crippen LogP contribution in [0.3, 0.4) is 0 Å². The Morgan fingerprint density at radius 2 is 1.95 bits per heavy atom. The van der Waals surface area contributed by atoms with Gasteiger partial charge in [-0.3, -0.25) is 4.79 Å². The zero-order valence-electron chi connectivity index (χ0n) is 13.5. The monoisotopic (exact) mass is 359 g/mol. The summed E-state index contributed by atoms with van der Waals surface area (Å²) >= 11 is 4.82. The summed E-state index contributed by atoms with van der Waals surface area (Å²) < 4.78 is 1.88. The number of aromatic nitrogens is 2. The lowest BCUT2D eigenvalue weighted by Crippen LogP contribution is -2.41. The Kier molecular flexibility index (Phi) is 7.50. The molecule has 2 rings (SSSR count). The third kappa shape index (κ3) is 6.08. The first kappa shape index (κ1) is 18.1. The van der Waals surface area contributed by atoms with E-state index in [1.54, 1.807) is 23.1 Å². The average molecular weight is 360 g/mol. The fourth-order valence-electron chi connectivity index (χ4n) is 2.46. The highest BCUT2D eigenvalue weighted by Crippen LogP contribution is 2.30. The Hall–Kier alpha value is -0.270. The molecule has 22 heavy (non-hydrogen) atoms. The lowest BCUT2D eigenvalue weighted by molar-refractivity contribution is -0.119. The highest BCUT2D eigenvalue weighted by atomic mass is 32.2. The highest BCUT2D eigenvalue weighted by molar-refractivity contribution is 8.03. The molecule has 1 aromatic heterocycles. The summed E-state index contributed by atoms with van der Waals surface area (Å²) in [6.45, 7) is 6.63. The molecule has 1 amide bonds. The van der Waals surface area contributed by atoms with Crippen molar-refractivity contribution in [3.8, 4) is 0 Å². The molecule has 4 nitrogen and oxygen atoms in total. The van der Waals surface area contributed by atoms with Crippen LogP contribution < -0.4 is 5.32 Å². The molecule has 1 aliphatic rings. The molecular formula is C15H25N3OS3. The number of rotatable bonds is 7. The number of carbonyl (C=O) groups excluding carboxylic acids is 1. The van der Waals surface area contributed by atoms with Gasteiger partial charge in [0.15, 0.2) is 8.68 Å². The fraction of sp³-hybridized carbons (Fsp3) is 0.800. The molecular weight excluding hydrogens is 334 g/mol. The van der Waals surface area contributed by atoms with E-state index in [4.69, 9.17) is 0 Å². The van der Waals surface area contributed by atoms with Crippen molar-refractivity contribution in [2.24, 2.45) is 11.8 Å². The molecule has 2 atom stereocenters. The van der Waals surface area contributed by atoms with Gasteiger partial charge in [0.1, 0.15) is 0 Å². The topological polar surface area (TPSA) is 54.9 Å². The van der Waals surface area contributed by atoms with Crippen molar-refractivity contribution < 1.29 is 4.79 Å². The van der Waals surface area contributed by atoms with E-state index in [-0.39, 0.29) is 5.91 Å². The third-order valence-electron chi connectivity index (χ3n) is 3.71. The lowest BCUT2D eigenvalue weighted by Gasteiger charge is -2.29. The summed E-state index contributed by atoms with van der Waals surface area (Å²) in [6, 6.07) is 0.355. The van der Waals surface area contributed by atoms with Crippen LogP contribution in [0.2, 0.25) is 0 Å². The van der Waals surface area contributed by atoms with Crippen molar-refractivity contribution in [1.82, 2.24) is 15.5 Å². The van der Waals surface area contributed by atoms with Crippen LogP contribution in [0.15, 0.2) is 8.68 Å². The van der Waals surface area contributed by atoms with Crippen molar-refractivity contribution in [2.75, 3.05) is 11.5 Å². The van der Waals surface area contributed by atoms with Crippen molar-refractivity contribution in [1.29, 1.82) is 0 Å². The number of hydrogen-bond acceptors (Lipinski definition) is 6. The molecule has 0 radical (unpaired) electrons. The molecule has 7 heteroatoms. The summed E-state index contributed by atoms with van der Waals surface area (Å²) in [5.74, 6) is 2.86. The molecule has 1 heterocycles. The summed E-state index contributed by atoms with van der Waals surface area (Å²) in [7, 11) is 0. The minimum absolute atomic E-state index is 0.121. The average Bonchev–Trinajstić information content (AvgIpc) is 2.93. The van der Waals surface area contributed by atoms with E-state index in [1.807, 2.05) is 0 Å². The third-order valence-corrected chi connectivity index (χ3v) is 7.33. The van der Waals surface area contributed by atoms with Gasteiger partial charge in [-0.15, -0.1) is 10.2 Å². The molecule has 0 aliphatic heterocycles. The zero-order chi connectivity index (χ0) is 15.9. The van der Waals surface area contributed by atoms with E-state index >= 15 is 0 Å². The first-order valence-corrected chi connectivity index (χ1v) is 10.7. The number of amides is 1. The summed E-state index contributed by atoms with van der Waals surface area (Å²) in [4.78, 5) is 12.1. The maximum atomic E-state index is 12.1. The molecule has 1 fully saturated rings. The lowest BCUT2D eigenvalue weighted by atomic mass is 9.86. The maximum Gasteiger partial charge on any atom is 0.230 e. The second kappa shape index (κ2) is 9.13. The standard InChI is InChI=1S/C15H25N3OS3/c1-10(2)8-20-14-17-18-15(22-14)21-9-13(19)16-12-7-5-4-6-11(12)3/h10-12H,4-9H2,1-3H3,(H,16,19)/t11-,12-/m0/s1. The van der Waals surface area contributed by atoms with Crippen LogP contribution in [0.25, 0.3) is 0 Å². The molecule has 0 unspecified atom stereocenters. The highest BCUT2D eigenvalue weighted by Gasteiger charge is 2.22. The Morgan fingerprint density at radius 1 is 1.27 bits per heavy atom. The first-order chi connectivity index (χ1) is 10.5. The van der Waals surface area contributed by atoms with Crippen molar-refractivity contribution >= 4 is 40.8 Å². The molecule has 0 bridgehead atoms. The number of nitrogens with one attached hydrogen (secondary N) is 1. The second-order valence-electron chi connectivity index (χ2n) is 6.26. The quantitative estimate of drug-likeness (QED) is 0.744. The van der Waals surface area contributed by atoms with Gasteiger partial charge in [-0.25, -0.2) is 0 Å². The summed E-state index contributed by atoms with van der Waals surface area (Å²) in [5, 5.41) is 11.5.